The minimum atomic E-state index is 0.234. The van der Waals surface area contributed by atoms with Crippen molar-refractivity contribution in [2.75, 3.05) is 6.54 Å². The summed E-state index contributed by atoms with van der Waals surface area (Å²) in [5.74, 6) is 0.234. The monoisotopic (exact) mass is 390 g/mol. The molecule has 0 bridgehead atoms. The van der Waals surface area contributed by atoms with Gasteiger partial charge in [0.2, 0.25) is 0 Å². The predicted molar refractivity (Wildman–Crippen MR) is 118 cm³/mol. The molecule has 1 aliphatic rings. The normalized spacial score (nSPS) is 15.9. The van der Waals surface area contributed by atoms with Crippen molar-refractivity contribution in [2.45, 2.75) is 73.3 Å². The molecule has 0 amide bonds. The second-order valence-corrected chi connectivity index (χ2v) is 6.81. The van der Waals surface area contributed by atoms with Crippen molar-refractivity contribution in [1.82, 2.24) is 9.88 Å². The Balaban J connectivity index is 0.000000855. The Morgan fingerprint density at radius 2 is 1.74 bits per heavy atom. The number of halogens is 1. The van der Waals surface area contributed by atoms with Crippen LogP contribution in [0.1, 0.15) is 75.1 Å². The van der Waals surface area contributed by atoms with Gasteiger partial charge in [-0.2, -0.15) is 0 Å². The number of carbonyl (C=O) groups is 1. The zero-order valence-electron chi connectivity index (χ0n) is 17.7. The van der Waals surface area contributed by atoms with Crippen LogP contribution in [0.15, 0.2) is 30.3 Å². The number of aryl methyl sites for hydroxylation is 1. The molecule has 27 heavy (non-hydrogen) atoms. The molecule has 1 fully saturated rings. The van der Waals surface area contributed by atoms with Crippen molar-refractivity contribution in [3.63, 3.8) is 0 Å². The Hall–Kier alpha value is -1.58. The highest BCUT2D eigenvalue weighted by Gasteiger charge is 2.21. The topological polar surface area (TPSA) is 34.0 Å². The lowest BCUT2D eigenvalue weighted by molar-refractivity contribution is 0.0963. The highest BCUT2D eigenvalue weighted by molar-refractivity contribution is 6.30. The second-order valence-electron chi connectivity index (χ2n) is 6.37. The van der Waals surface area contributed by atoms with Gasteiger partial charge in [0, 0.05) is 40.1 Å². The standard InChI is InChI=1S/C19H23ClN2O.2C2H6/c1-13-11-18(19(23)12-16-5-3-4-10-21-16)14(2)22(13)17-8-6-15(20)7-9-17;2*1-2/h6-9,11,16,21H,3-5,10,12H2,1-2H3;2*1-2H3. The van der Waals surface area contributed by atoms with Crippen LogP contribution in [0, 0.1) is 13.8 Å². The summed E-state index contributed by atoms with van der Waals surface area (Å²) >= 11 is 5.97. The van der Waals surface area contributed by atoms with Crippen LogP contribution in [-0.2, 0) is 0 Å². The first-order valence-corrected chi connectivity index (χ1v) is 10.7. The van der Waals surface area contributed by atoms with Crippen molar-refractivity contribution in [3.8, 4) is 5.69 Å². The van der Waals surface area contributed by atoms with Crippen LogP contribution in [0.4, 0.5) is 0 Å². The maximum Gasteiger partial charge on any atom is 0.166 e. The van der Waals surface area contributed by atoms with E-state index < -0.39 is 0 Å². The summed E-state index contributed by atoms with van der Waals surface area (Å²) in [4.78, 5) is 12.7. The molecular weight excluding hydrogens is 356 g/mol. The fourth-order valence-corrected chi connectivity index (χ4v) is 3.59. The highest BCUT2D eigenvalue weighted by atomic mass is 35.5. The lowest BCUT2D eigenvalue weighted by Gasteiger charge is -2.22. The quantitative estimate of drug-likeness (QED) is 0.603. The third-order valence-electron chi connectivity index (χ3n) is 4.66. The Bertz CT molecular complexity index is 698. The van der Waals surface area contributed by atoms with Crippen LogP contribution in [0.2, 0.25) is 5.02 Å². The average Bonchev–Trinajstić information content (AvgIpc) is 3.01. The number of hydrogen-bond acceptors (Lipinski definition) is 2. The zero-order chi connectivity index (χ0) is 20.4. The van der Waals surface area contributed by atoms with E-state index in [2.05, 4.69) is 9.88 Å². The van der Waals surface area contributed by atoms with Gasteiger partial charge < -0.3 is 9.88 Å². The molecular formula is C23H35ClN2O. The van der Waals surface area contributed by atoms with Gasteiger partial charge in [0.25, 0.3) is 0 Å². The Morgan fingerprint density at radius 3 is 2.30 bits per heavy atom. The number of nitrogens with one attached hydrogen (secondary N) is 1. The number of hydrogen-bond donors (Lipinski definition) is 1. The summed E-state index contributed by atoms with van der Waals surface area (Å²) in [6.07, 6.45) is 4.12. The molecule has 1 aliphatic heterocycles. The van der Waals surface area contributed by atoms with Crippen LogP contribution in [0.25, 0.3) is 5.69 Å². The molecule has 1 aromatic heterocycles. The number of rotatable bonds is 4. The Labute approximate surface area is 170 Å². The van der Waals surface area contributed by atoms with Crippen molar-refractivity contribution < 1.29 is 4.79 Å². The van der Waals surface area contributed by atoms with E-state index in [1.807, 2.05) is 71.9 Å². The van der Waals surface area contributed by atoms with Crippen LogP contribution in [0.5, 0.6) is 0 Å². The molecule has 0 spiro atoms. The smallest absolute Gasteiger partial charge is 0.166 e. The molecule has 1 saturated heterocycles. The molecule has 1 atom stereocenters. The third-order valence-corrected chi connectivity index (χ3v) is 4.91. The van der Waals surface area contributed by atoms with Gasteiger partial charge in [0.15, 0.2) is 5.78 Å². The van der Waals surface area contributed by atoms with Gasteiger partial charge in [-0.1, -0.05) is 45.7 Å². The van der Waals surface area contributed by atoms with E-state index in [-0.39, 0.29) is 5.78 Å². The van der Waals surface area contributed by atoms with Crippen molar-refractivity contribution in [2.24, 2.45) is 0 Å². The van der Waals surface area contributed by atoms with E-state index in [1.165, 1.54) is 12.8 Å². The van der Waals surface area contributed by atoms with Gasteiger partial charge in [0.05, 0.1) is 0 Å². The maximum absolute atomic E-state index is 12.7. The number of benzene rings is 1. The number of Topliss-reactive ketones (excluding diaryl/α,β-unsaturated/α-hetero) is 1. The van der Waals surface area contributed by atoms with Crippen LogP contribution in [-0.4, -0.2) is 22.9 Å². The van der Waals surface area contributed by atoms with E-state index in [4.69, 9.17) is 11.6 Å². The highest BCUT2D eigenvalue weighted by Crippen LogP contribution is 2.24. The maximum atomic E-state index is 12.7. The molecule has 3 rings (SSSR count). The second kappa shape index (κ2) is 12.0. The van der Waals surface area contributed by atoms with Crippen molar-refractivity contribution >= 4 is 17.4 Å². The van der Waals surface area contributed by atoms with Crippen LogP contribution >= 0.6 is 11.6 Å². The number of nitrogens with zero attached hydrogens (tertiary/aromatic N) is 1. The SMILES string of the molecule is CC.CC.Cc1cc(C(=O)CC2CCCCN2)c(C)n1-c1ccc(Cl)cc1. The molecule has 3 nitrogen and oxygen atoms in total. The van der Waals surface area contributed by atoms with Crippen molar-refractivity contribution in [3.05, 3.63) is 52.3 Å². The minimum absolute atomic E-state index is 0.234. The molecule has 2 heterocycles. The summed E-state index contributed by atoms with van der Waals surface area (Å²) in [6, 6.07) is 10.1. The van der Waals surface area contributed by atoms with Gasteiger partial charge in [-0.15, -0.1) is 0 Å². The van der Waals surface area contributed by atoms with Gasteiger partial charge >= 0.3 is 0 Å². The fraction of sp³-hybridized carbons (Fsp3) is 0.522. The molecule has 2 aromatic rings. The number of aromatic nitrogens is 1. The van der Waals surface area contributed by atoms with Crippen LogP contribution < -0.4 is 5.32 Å². The Kier molecular flexibility index (Phi) is 10.4. The molecule has 1 N–H and O–H groups in total. The molecule has 4 heteroatoms. The fourth-order valence-electron chi connectivity index (χ4n) is 3.46. The largest absolute Gasteiger partial charge is 0.318 e. The van der Waals surface area contributed by atoms with Gasteiger partial charge in [-0.25, -0.2) is 0 Å². The van der Waals surface area contributed by atoms with Gasteiger partial charge in [-0.3, -0.25) is 4.79 Å². The third kappa shape index (κ3) is 6.22. The molecule has 0 aliphatic carbocycles. The molecule has 0 saturated carbocycles. The summed E-state index contributed by atoms with van der Waals surface area (Å²) in [5, 5.41) is 4.17. The zero-order valence-corrected chi connectivity index (χ0v) is 18.5. The molecule has 0 radical (unpaired) electrons. The molecule has 1 unspecified atom stereocenters. The summed E-state index contributed by atoms with van der Waals surface area (Å²) in [6.45, 7) is 13.1. The Morgan fingerprint density at radius 1 is 1.11 bits per heavy atom. The molecule has 150 valence electrons. The minimum Gasteiger partial charge on any atom is -0.318 e. The number of carbonyl (C=O) groups excluding carboxylic acids is 1. The first-order valence-electron chi connectivity index (χ1n) is 10.3. The summed E-state index contributed by atoms with van der Waals surface area (Å²) in [7, 11) is 0. The van der Waals surface area contributed by atoms with E-state index in [9.17, 15) is 4.79 Å². The van der Waals surface area contributed by atoms with E-state index >= 15 is 0 Å². The first-order chi connectivity index (χ1) is 13.1. The van der Waals surface area contributed by atoms with Gasteiger partial charge in [-0.05, 0) is 63.6 Å². The van der Waals surface area contributed by atoms with E-state index in [1.54, 1.807) is 0 Å². The number of ketones is 1. The summed E-state index contributed by atoms with van der Waals surface area (Å²) in [5.41, 5.74) is 3.96. The number of piperidine rings is 1. The lowest BCUT2D eigenvalue weighted by atomic mass is 9.97. The van der Waals surface area contributed by atoms with E-state index in [0.717, 1.165) is 40.6 Å². The van der Waals surface area contributed by atoms with Crippen LogP contribution in [0.3, 0.4) is 0 Å². The van der Waals surface area contributed by atoms with Crippen molar-refractivity contribution in [1.29, 1.82) is 0 Å². The first kappa shape index (κ1) is 23.5. The van der Waals surface area contributed by atoms with Gasteiger partial charge in [0.1, 0.15) is 0 Å². The molecule has 1 aromatic carbocycles. The lowest BCUT2D eigenvalue weighted by Crippen LogP contribution is -2.35. The average molecular weight is 391 g/mol. The predicted octanol–water partition coefficient (Wildman–Crippen LogP) is 6.51. The summed E-state index contributed by atoms with van der Waals surface area (Å²) < 4.78 is 2.12. The van der Waals surface area contributed by atoms with E-state index in [0.29, 0.717) is 12.5 Å².